The zero-order valence-electron chi connectivity index (χ0n) is 16.0. The van der Waals surface area contributed by atoms with Gasteiger partial charge in [0.2, 0.25) is 5.91 Å². The molecule has 7 heteroatoms. The molecule has 29 heavy (non-hydrogen) atoms. The number of rotatable bonds is 5. The van der Waals surface area contributed by atoms with Gasteiger partial charge in [0.05, 0.1) is 5.56 Å². The molecule has 0 aliphatic heterocycles. The Morgan fingerprint density at radius 1 is 0.828 bits per heavy atom. The van der Waals surface area contributed by atoms with E-state index in [0.717, 1.165) is 12.8 Å². The molecule has 1 aliphatic rings. The van der Waals surface area contributed by atoms with Crippen LogP contribution in [0.2, 0.25) is 0 Å². The fourth-order valence-electron chi connectivity index (χ4n) is 3.49. The van der Waals surface area contributed by atoms with E-state index in [2.05, 4.69) is 16.2 Å². The van der Waals surface area contributed by atoms with Gasteiger partial charge in [0, 0.05) is 18.0 Å². The number of hydrogen-bond donors (Lipinski definition) is 3. The maximum Gasteiger partial charge on any atom is 0.269 e. The summed E-state index contributed by atoms with van der Waals surface area (Å²) in [5.74, 6) is -1.46. The van der Waals surface area contributed by atoms with Gasteiger partial charge in [-0.2, -0.15) is 0 Å². The Kier molecular flexibility index (Phi) is 6.94. The summed E-state index contributed by atoms with van der Waals surface area (Å²) < 4.78 is 13.6. The quantitative estimate of drug-likeness (QED) is 0.678. The average molecular weight is 397 g/mol. The van der Waals surface area contributed by atoms with E-state index < -0.39 is 11.7 Å². The third kappa shape index (κ3) is 5.63. The largest absolute Gasteiger partial charge is 0.352 e. The molecule has 3 amide bonds. The number of amides is 3. The summed E-state index contributed by atoms with van der Waals surface area (Å²) in [5, 5.41) is 2.78. The molecule has 3 rings (SSSR count). The molecule has 2 aromatic carbocycles. The molecule has 1 aliphatic carbocycles. The second-order valence-corrected chi connectivity index (χ2v) is 7.22. The molecule has 1 saturated carbocycles. The predicted molar refractivity (Wildman–Crippen MR) is 106 cm³/mol. The number of hydrazine groups is 1. The Hall–Kier alpha value is -3.22. The summed E-state index contributed by atoms with van der Waals surface area (Å²) >= 11 is 0. The minimum absolute atomic E-state index is 0.0368. The Morgan fingerprint density at radius 3 is 2.17 bits per heavy atom. The zero-order chi connectivity index (χ0) is 20.6. The van der Waals surface area contributed by atoms with E-state index in [1.165, 1.54) is 12.1 Å². The third-order valence-electron chi connectivity index (χ3n) is 5.22. The second-order valence-electron chi connectivity index (χ2n) is 7.22. The van der Waals surface area contributed by atoms with Crippen molar-refractivity contribution in [2.24, 2.45) is 11.8 Å². The fraction of sp³-hybridized carbons (Fsp3) is 0.318. The first-order valence-electron chi connectivity index (χ1n) is 9.72. The van der Waals surface area contributed by atoms with E-state index in [4.69, 9.17) is 0 Å². The predicted octanol–water partition coefficient (Wildman–Crippen LogP) is 2.82. The standard InChI is InChI=1S/C22H24FN3O3/c23-19-9-5-4-8-18(19)22(29)24-14-15-10-12-17(13-11-15)21(28)26-25-20(27)16-6-2-1-3-7-16/h1-9,15,17H,10-14H2,(H,24,29)(H,25,27)(H,26,28). The van der Waals surface area contributed by atoms with Gasteiger partial charge in [0.1, 0.15) is 5.82 Å². The Bertz CT molecular complexity index is 865. The minimum atomic E-state index is -0.539. The molecule has 0 heterocycles. The molecular weight excluding hydrogens is 373 g/mol. The van der Waals surface area contributed by atoms with Crippen molar-refractivity contribution in [1.82, 2.24) is 16.2 Å². The van der Waals surface area contributed by atoms with Crippen LogP contribution in [0, 0.1) is 17.7 Å². The van der Waals surface area contributed by atoms with Crippen molar-refractivity contribution in [1.29, 1.82) is 0 Å². The van der Waals surface area contributed by atoms with Crippen LogP contribution in [-0.4, -0.2) is 24.3 Å². The van der Waals surface area contributed by atoms with Crippen molar-refractivity contribution in [2.75, 3.05) is 6.54 Å². The number of halogens is 1. The molecule has 0 spiro atoms. The highest BCUT2D eigenvalue weighted by Gasteiger charge is 2.27. The molecule has 0 saturated heterocycles. The summed E-state index contributed by atoms with van der Waals surface area (Å²) in [4.78, 5) is 36.4. The van der Waals surface area contributed by atoms with E-state index >= 15 is 0 Å². The van der Waals surface area contributed by atoms with Gasteiger partial charge in [0.15, 0.2) is 0 Å². The monoisotopic (exact) mass is 397 g/mol. The van der Waals surface area contributed by atoms with Crippen LogP contribution in [-0.2, 0) is 4.79 Å². The first-order chi connectivity index (χ1) is 14.0. The summed E-state index contributed by atoms with van der Waals surface area (Å²) in [6, 6.07) is 14.5. The molecule has 2 aromatic rings. The summed E-state index contributed by atoms with van der Waals surface area (Å²) in [6.45, 7) is 0.451. The molecule has 0 atom stereocenters. The lowest BCUT2D eigenvalue weighted by Gasteiger charge is -2.27. The van der Waals surface area contributed by atoms with Crippen LogP contribution in [0.5, 0.6) is 0 Å². The van der Waals surface area contributed by atoms with Crippen LogP contribution in [0.25, 0.3) is 0 Å². The zero-order valence-corrected chi connectivity index (χ0v) is 16.0. The summed E-state index contributed by atoms with van der Waals surface area (Å²) in [5.41, 5.74) is 5.44. The number of nitrogens with one attached hydrogen (secondary N) is 3. The molecule has 6 nitrogen and oxygen atoms in total. The molecule has 0 unspecified atom stereocenters. The Balaban J connectivity index is 1.38. The highest BCUT2D eigenvalue weighted by molar-refractivity contribution is 5.95. The molecular formula is C22H24FN3O3. The van der Waals surface area contributed by atoms with E-state index in [-0.39, 0.29) is 29.2 Å². The van der Waals surface area contributed by atoms with Gasteiger partial charge in [-0.05, 0) is 55.9 Å². The van der Waals surface area contributed by atoms with Crippen LogP contribution in [0.4, 0.5) is 4.39 Å². The summed E-state index contributed by atoms with van der Waals surface area (Å²) in [7, 11) is 0. The number of benzene rings is 2. The Morgan fingerprint density at radius 2 is 1.48 bits per heavy atom. The van der Waals surface area contributed by atoms with Gasteiger partial charge in [-0.25, -0.2) is 4.39 Å². The normalized spacial score (nSPS) is 18.5. The van der Waals surface area contributed by atoms with Crippen LogP contribution in [0.15, 0.2) is 54.6 Å². The molecule has 1 fully saturated rings. The van der Waals surface area contributed by atoms with Crippen LogP contribution in [0.3, 0.4) is 0 Å². The van der Waals surface area contributed by atoms with Gasteiger partial charge >= 0.3 is 0 Å². The van der Waals surface area contributed by atoms with E-state index in [1.807, 2.05) is 6.07 Å². The molecule has 3 N–H and O–H groups in total. The van der Waals surface area contributed by atoms with Crippen LogP contribution < -0.4 is 16.2 Å². The van der Waals surface area contributed by atoms with Crippen molar-refractivity contribution in [3.63, 3.8) is 0 Å². The van der Waals surface area contributed by atoms with Crippen LogP contribution in [0.1, 0.15) is 46.4 Å². The third-order valence-corrected chi connectivity index (χ3v) is 5.22. The van der Waals surface area contributed by atoms with E-state index in [9.17, 15) is 18.8 Å². The van der Waals surface area contributed by atoms with E-state index in [0.29, 0.717) is 24.9 Å². The van der Waals surface area contributed by atoms with Gasteiger partial charge in [0.25, 0.3) is 11.8 Å². The lowest BCUT2D eigenvalue weighted by molar-refractivity contribution is -0.127. The van der Waals surface area contributed by atoms with Crippen molar-refractivity contribution < 1.29 is 18.8 Å². The molecule has 0 radical (unpaired) electrons. The van der Waals surface area contributed by atoms with Crippen molar-refractivity contribution in [2.45, 2.75) is 25.7 Å². The lowest BCUT2D eigenvalue weighted by Crippen LogP contribution is -2.45. The molecule has 0 aromatic heterocycles. The maximum absolute atomic E-state index is 13.6. The number of carbonyl (C=O) groups excluding carboxylic acids is 3. The number of hydrogen-bond acceptors (Lipinski definition) is 3. The van der Waals surface area contributed by atoms with Crippen molar-refractivity contribution in [3.8, 4) is 0 Å². The smallest absolute Gasteiger partial charge is 0.269 e. The van der Waals surface area contributed by atoms with Gasteiger partial charge < -0.3 is 5.32 Å². The van der Waals surface area contributed by atoms with Crippen molar-refractivity contribution in [3.05, 3.63) is 71.5 Å². The fourth-order valence-corrected chi connectivity index (χ4v) is 3.49. The van der Waals surface area contributed by atoms with Gasteiger partial charge in [-0.3, -0.25) is 25.2 Å². The van der Waals surface area contributed by atoms with Crippen LogP contribution >= 0.6 is 0 Å². The summed E-state index contributed by atoms with van der Waals surface area (Å²) in [6.07, 6.45) is 2.91. The highest BCUT2D eigenvalue weighted by atomic mass is 19.1. The first-order valence-corrected chi connectivity index (χ1v) is 9.72. The number of carbonyl (C=O) groups is 3. The lowest BCUT2D eigenvalue weighted by atomic mass is 9.81. The van der Waals surface area contributed by atoms with E-state index in [1.54, 1.807) is 36.4 Å². The van der Waals surface area contributed by atoms with Gasteiger partial charge in [-0.15, -0.1) is 0 Å². The van der Waals surface area contributed by atoms with Gasteiger partial charge in [-0.1, -0.05) is 30.3 Å². The Labute approximate surface area is 168 Å². The second kappa shape index (κ2) is 9.82. The topological polar surface area (TPSA) is 87.3 Å². The highest BCUT2D eigenvalue weighted by Crippen LogP contribution is 2.28. The molecule has 152 valence electrons. The minimum Gasteiger partial charge on any atom is -0.352 e. The van der Waals surface area contributed by atoms with Crippen molar-refractivity contribution >= 4 is 17.7 Å². The first kappa shape index (κ1) is 20.5. The molecule has 0 bridgehead atoms. The average Bonchev–Trinajstić information content (AvgIpc) is 2.77. The SMILES string of the molecule is O=C(NNC(=O)C1CCC(CNC(=O)c2ccccc2F)CC1)c1ccccc1. The maximum atomic E-state index is 13.6.